The summed E-state index contributed by atoms with van der Waals surface area (Å²) in [5, 5.41) is 2.87. The highest BCUT2D eigenvalue weighted by molar-refractivity contribution is 6.01. The molecule has 6 heteroatoms. The Morgan fingerprint density at radius 2 is 2.03 bits per heavy atom. The lowest BCUT2D eigenvalue weighted by Crippen LogP contribution is -2.44. The van der Waals surface area contributed by atoms with Crippen LogP contribution in [0.3, 0.4) is 0 Å². The maximum Gasteiger partial charge on any atom is 0.268 e. The maximum atomic E-state index is 12.3. The fourth-order valence-electron chi connectivity index (χ4n) is 3.09. The summed E-state index contributed by atoms with van der Waals surface area (Å²) in [6, 6.07) is 13.1. The number of aryl methyl sites for hydroxylation is 1. The number of anilines is 2. The standard InChI is InChI=1S/C23H26N2O4/c1-4-13-25-20-12-9-18(15-21(20)29-17(3)23(25)27)24-22(26)6-5-14-28-19-10-7-16(2)8-11-19/h4,7-12,15,17H,1,5-6,13-14H2,2-3H3,(H,24,26). The third-order valence-electron chi connectivity index (χ3n) is 4.60. The van der Waals surface area contributed by atoms with E-state index in [2.05, 4.69) is 11.9 Å². The largest absolute Gasteiger partial charge is 0.494 e. The summed E-state index contributed by atoms with van der Waals surface area (Å²) in [7, 11) is 0. The molecule has 1 unspecified atom stereocenters. The molecule has 0 aromatic heterocycles. The first-order valence-corrected chi connectivity index (χ1v) is 9.70. The van der Waals surface area contributed by atoms with Crippen LogP contribution in [0.5, 0.6) is 11.5 Å². The van der Waals surface area contributed by atoms with Crippen LogP contribution >= 0.6 is 0 Å². The summed E-state index contributed by atoms with van der Waals surface area (Å²) in [4.78, 5) is 26.1. The minimum atomic E-state index is -0.577. The van der Waals surface area contributed by atoms with Crippen LogP contribution in [0.2, 0.25) is 0 Å². The molecule has 152 valence electrons. The summed E-state index contributed by atoms with van der Waals surface area (Å²) in [5.74, 6) is 1.16. The van der Waals surface area contributed by atoms with Crippen LogP contribution in [0.15, 0.2) is 55.1 Å². The van der Waals surface area contributed by atoms with Crippen molar-refractivity contribution in [3.8, 4) is 11.5 Å². The van der Waals surface area contributed by atoms with E-state index < -0.39 is 6.10 Å². The van der Waals surface area contributed by atoms with Crippen molar-refractivity contribution in [1.29, 1.82) is 0 Å². The van der Waals surface area contributed by atoms with Crippen molar-refractivity contribution < 1.29 is 19.1 Å². The molecule has 6 nitrogen and oxygen atoms in total. The van der Waals surface area contributed by atoms with Gasteiger partial charge in [0.1, 0.15) is 11.5 Å². The van der Waals surface area contributed by atoms with E-state index in [1.165, 1.54) is 5.56 Å². The Morgan fingerprint density at radius 3 is 2.76 bits per heavy atom. The minimum Gasteiger partial charge on any atom is -0.494 e. The fourth-order valence-corrected chi connectivity index (χ4v) is 3.09. The molecule has 2 aromatic rings. The molecule has 2 amide bonds. The molecular weight excluding hydrogens is 368 g/mol. The predicted octanol–water partition coefficient (Wildman–Crippen LogP) is 4.09. The van der Waals surface area contributed by atoms with E-state index in [9.17, 15) is 9.59 Å². The average molecular weight is 394 g/mol. The highest BCUT2D eigenvalue weighted by atomic mass is 16.5. The van der Waals surface area contributed by atoms with Gasteiger partial charge in [-0.3, -0.25) is 9.59 Å². The van der Waals surface area contributed by atoms with E-state index in [4.69, 9.17) is 9.47 Å². The Labute approximate surface area is 171 Å². The van der Waals surface area contributed by atoms with Gasteiger partial charge >= 0.3 is 0 Å². The Balaban J connectivity index is 1.53. The highest BCUT2D eigenvalue weighted by Crippen LogP contribution is 2.36. The first kappa shape index (κ1) is 20.5. The summed E-state index contributed by atoms with van der Waals surface area (Å²) in [5.41, 5.74) is 2.49. The van der Waals surface area contributed by atoms with Crippen LogP contribution in [0.1, 0.15) is 25.3 Å². The summed E-state index contributed by atoms with van der Waals surface area (Å²) < 4.78 is 11.3. The number of carbonyl (C=O) groups excluding carboxylic acids is 2. The van der Waals surface area contributed by atoms with Crippen molar-refractivity contribution in [2.24, 2.45) is 0 Å². The molecular formula is C23H26N2O4. The lowest BCUT2D eigenvalue weighted by atomic mass is 10.1. The van der Waals surface area contributed by atoms with Gasteiger partial charge in [0.25, 0.3) is 5.91 Å². The van der Waals surface area contributed by atoms with Crippen LogP contribution in [0, 0.1) is 6.92 Å². The van der Waals surface area contributed by atoms with Gasteiger partial charge in [-0.15, -0.1) is 6.58 Å². The zero-order valence-corrected chi connectivity index (χ0v) is 16.8. The average Bonchev–Trinajstić information content (AvgIpc) is 2.70. The normalized spacial score (nSPS) is 15.3. The molecule has 0 saturated carbocycles. The van der Waals surface area contributed by atoms with Crippen molar-refractivity contribution >= 4 is 23.2 Å². The van der Waals surface area contributed by atoms with E-state index in [-0.39, 0.29) is 11.8 Å². The van der Waals surface area contributed by atoms with E-state index in [1.807, 2.05) is 31.2 Å². The molecule has 1 atom stereocenters. The van der Waals surface area contributed by atoms with E-state index in [0.717, 1.165) is 5.75 Å². The highest BCUT2D eigenvalue weighted by Gasteiger charge is 2.30. The number of carbonyl (C=O) groups is 2. The van der Waals surface area contributed by atoms with Crippen LogP contribution in [0.25, 0.3) is 0 Å². The summed E-state index contributed by atoms with van der Waals surface area (Å²) >= 11 is 0. The number of hydrogen-bond acceptors (Lipinski definition) is 4. The van der Waals surface area contributed by atoms with Gasteiger partial charge < -0.3 is 19.7 Å². The van der Waals surface area contributed by atoms with Crippen molar-refractivity contribution in [2.45, 2.75) is 32.8 Å². The van der Waals surface area contributed by atoms with Crippen LogP contribution in [-0.4, -0.2) is 31.1 Å². The number of amides is 2. The lowest BCUT2D eigenvalue weighted by molar-refractivity contribution is -0.125. The van der Waals surface area contributed by atoms with E-state index in [1.54, 1.807) is 36.1 Å². The smallest absolute Gasteiger partial charge is 0.268 e. The van der Waals surface area contributed by atoms with Crippen molar-refractivity contribution in [3.05, 3.63) is 60.7 Å². The van der Waals surface area contributed by atoms with Gasteiger partial charge in [0.05, 0.1) is 12.3 Å². The molecule has 29 heavy (non-hydrogen) atoms. The van der Waals surface area contributed by atoms with Crippen molar-refractivity contribution in [3.63, 3.8) is 0 Å². The number of nitrogens with zero attached hydrogens (tertiary/aromatic N) is 1. The zero-order chi connectivity index (χ0) is 20.8. The molecule has 1 aliphatic heterocycles. The topological polar surface area (TPSA) is 67.9 Å². The van der Waals surface area contributed by atoms with Gasteiger partial charge in [0.2, 0.25) is 5.91 Å². The van der Waals surface area contributed by atoms with Gasteiger partial charge in [-0.2, -0.15) is 0 Å². The van der Waals surface area contributed by atoms with Crippen LogP contribution in [0.4, 0.5) is 11.4 Å². The summed E-state index contributed by atoms with van der Waals surface area (Å²) in [6.45, 7) is 8.31. The summed E-state index contributed by atoms with van der Waals surface area (Å²) in [6.07, 6.45) is 2.06. The number of nitrogens with one attached hydrogen (secondary N) is 1. The Kier molecular flexibility index (Phi) is 6.54. The molecule has 0 bridgehead atoms. The molecule has 3 rings (SSSR count). The Hall–Kier alpha value is -3.28. The first-order valence-electron chi connectivity index (χ1n) is 9.70. The SMILES string of the molecule is C=CCN1C(=O)C(C)Oc2cc(NC(=O)CCCOc3ccc(C)cc3)ccc21. The third kappa shape index (κ3) is 5.16. The molecule has 0 saturated heterocycles. The molecule has 1 N–H and O–H groups in total. The van der Waals surface area contributed by atoms with Gasteiger partial charge in [0, 0.05) is 24.7 Å². The fraction of sp³-hybridized carbons (Fsp3) is 0.304. The maximum absolute atomic E-state index is 12.3. The van der Waals surface area contributed by atoms with Crippen molar-refractivity contribution in [2.75, 3.05) is 23.4 Å². The second kappa shape index (κ2) is 9.28. The minimum absolute atomic E-state index is 0.0969. The quantitative estimate of drug-likeness (QED) is 0.541. The number of hydrogen-bond donors (Lipinski definition) is 1. The Bertz CT molecular complexity index is 892. The molecule has 0 radical (unpaired) electrons. The van der Waals surface area contributed by atoms with Crippen LogP contribution < -0.4 is 19.7 Å². The molecule has 0 aliphatic carbocycles. The number of rotatable bonds is 8. The number of ether oxygens (including phenoxy) is 2. The molecule has 1 heterocycles. The second-order valence-electron chi connectivity index (χ2n) is 6.99. The second-order valence-corrected chi connectivity index (χ2v) is 6.99. The first-order chi connectivity index (χ1) is 14.0. The monoisotopic (exact) mass is 394 g/mol. The number of fused-ring (bicyclic) bond motifs is 1. The predicted molar refractivity (Wildman–Crippen MR) is 114 cm³/mol. The molecule has 0 fully saturated rings. The van der Waals surface area contributed by atoms with Gasteiger partial charge in [-0.05, 0) is 44.5 Å². The molecule has 0 spiro atoms. The lowest BCUT2D eigenvalue weighted by Gasteiger charge is -2.32. The van der Waals surface area contributed by atoms with Gasteiger partial charge in [-0.25, -0.2) is 0 Å². The Morgan fingerprint density at radius 1 is 1.28 bits per heavy atom. The van der Waals surface area contributed by atoms with Crippen LogP contribution in [-0.2, 0) is 9.59 Å². The van der Waals surface area contributed by atoms with Crippen molar-refractivity contribution in [1.82, 2.24) is 0 Å². The number of benzene rings is 2. The molecule has 1 aliphatic rings. The zero-order valence-electron chi connectivity index (χ0n) is 16.8. The third-order valence-corrected chi connectivity index (χ3v) is 4.60. The molecule has 2 aromatic carbocycles. The van der Waals surface area contributed by atoms with Gasteiger partial charge in [0.15, 0.2) is 6.10 Å². The van der Waals surface area contributed by atoms with Gasteiger partial charge in [-0.1, -0.05) is 23.8 Å². The van der Waals surface area contributed by atoms with E-state index in [0.29, 0.717) is 43.1 Å². The van der Waals surface area contributed by atoms with E-state index >= 15 is 0 Å².